The molecule has 3 fully saturated rings. The first-order chi connectivity index (χ1) is 27.0. The maximum absolute atomic E-state index is 14.2. The molecule has 3 amide bonds. The number of alkyl carbamates (subject to hydrolysis) is 1. The van der Waals surface area contributed by atoms with Gasteiger partial charge in [-0.1, -0.05) is 25.0 Å². The lowest BCUT2D eigenvalue weighted by atomic mass is 10.0. The summed E-state index contributed by atoms with van der Waals surface area (Å²) in [6.07, 6.45) is 11.3. The molecule has 5 N–H and O–H groups in total. The number of hydrogen-bond acceptors (Lipinski definition) is 11. The molecule has 5 unspecified atom stereocenters. The Morgan fingerprint density at radius 2 is 1.88 bits per heavy atom. The van der Waals surface area contributed by atoms with Crippen molar-refractivity contribution in [2.24, 2.45) is 23.5 Å². The number of carbonyl (C=O) groups is 4. The van der Waals surface area contributed by atoms with Gasteiger partial charge >= 0.3 is 12.1 Å². The predicted molar refractivity (Wildman–Crippen MR) is 214 cm³/mol. The van der Waals surface area contributed by atoms with Crippen LogP contribution in [0, 0.1) is 17.8 Å². The van der Waals surface area contributed by atoms with Crippen LogP contribution < -0.4 is 25.8 Å². The molecule has 5 atom stereocenters. The summed E-state index contributed by atoms with van der Waals surface area (Å²) >= 11 is 1.50. The molecule has 3 aliphatic rings. The van der Waals surface area contributed by atoms with Gasteiger partial charge in [-0.05, 0) is 89.7 Å². The number of nitrogens with one attached hydrogen (secondary N) is 2. The van der Waals surface area contributed by atoms with E-state index in [9.17, 15) is 19.2 Å². The van der Waals surface area contributed by atoms with Gasteiger partial charge in [0.2, 0.25) is 11.8 Å². The maximum Gasteiger partial charge on any atom is 0.408 e. The highest BCUT2D eigenvalue weighted by molar-refractivity contribution is 7.14. The highest BCUT2D eigenvalue weighted by Crippen LogP contribution is 2.40. The lowest BCUT2D eigenvalue weighted by Gasteiger charge is -2.28. The number of aliphatic carboxylic acids is 1. The number of anilines is 1. The number of nitrogens with zero attached hydrogens (tertiary/aromatic N) is 3. The number of likely N-dealkylation sites (tertiary alicyclic amines) is 1. The second kappa shape index (κ2) is 18.8. The number of rotatable bonds is 19. The summed E-state index contributed by atoms with van der Waals surface area (Å²) in [5, 5.41) is 18.8. The minimum absolute atomic E-state index is 0.118. The smallest absolute Gasteiger partial charge is 0.408 e. The number of thiazole rings is 1. The average molecular weight is 791 g/mol. The van der Waals surface area contributed by atoms with E-state index in [-0.39, 0.29) is 49.0 Å². The predicted octanol–water partition coefficient (Wildman–Crippen LogP) is 6.53. The topological polar surface area (TPSA) is 195 Å². The standard InChI is InChI=1S/C41H54N6O8S/c1-24(2)43-40-45-34(23-56-40)33-20-36(29-16-15-28(53-3)19-32(29)44-33)54-22-25-17-35(37(42)48)47(21-25)38(49)31(46-41(52)55-27-12-9-10-13-27)14-8-6-4-5-7-11-26-18-30(26)39(50)51/h7,11,15-16,19-20,23-27,30-31,35H,4-6,8-10,12-14,17-18,21-22H2,1-3H3,(H2,42,48)(H,43,45)(H,46,52)(H,50,51). The van der Waals surface area contributed by atoms with Crippen molar-refractivity contribution in [1.29, 1.82) is 0 Å². The Bertz CT molecular complexity index is 1890. The number of carbonyl (C=O) groups excluding carboxylic acids is 3. The fourth-order valence-electron chi connectivity index (χ4n) is 7.58. The molecule has 2 aromatic heterocycles. The van der Waals surface area contributed by atoms with Gasteiger partial charge in [-0.2, -0.15) is 0 Å². The molecule has 1 aliphatic heterocycles. The van der Waals surface area contributed by atoms with Crippen molar-refractivity contribution in [3.05, 3.63) is 41.8 Å². The Morgan fingerprint density at radius 1 is 1.07 bits per heavy atom. The van der Waals surface area contributed by atoms with E-state index in [4.69, 9.17) is 35.0 Å². The van der Waals surface area contributed by atoms with E-state index >= 15 is 0 Å². The zero-order valence-corrected chi connectivity index (χ0v) is 33.2. The summed E-state index contributed by atoms with van der Waals surface area (Å²) in [5.74, 6) is -0.855. The van der Waals surface area contributed by atoms with Crippen LogP contribution in [0.5, 0.6) is 11.5 Å². The third-order valence-corrected chi connectivity index (χ3v) is 11.5. The van der Waals surface area contributed by atoms with Crippen LogP contribution >= 0.6 is 11.3 Å². The van der Waals surface area contributed by atoms with Gasteiger partial charge in [-0.25, -0.2) is 14.8 Å². The minimum Gasteiger partial charge on any atom is -0.497 e. The summed E-state index contributed by atoms with van der Waals surface area (Å²) in [6.45, 7) is 4.54. The molecule has 302 valence electrons. The van der Waals surface area contributed by atoms with E-state index in [0.717, 1.165) is 55.5 Å². The summed E-state index contributed by atoms with van der Waals surface area (Å²) in [5.41, 5.74) is 7.90. The van der Waals surface area contributed by atoms with Crippen molar-refractivity contribution in [2.45, 2.75) is 109 Å². The van der Waals surface area contributed by atoms with Crippen LogP contribution in [-0.4, -0.2) is 88.3 Å². The Kier molecular flexibility index (Phi) is 13.7. The van der Waals surface area contributed by atoms with E-state index in [0.29, 0.717) is 54.1 Å². The van der Waals surface area contributed by atoms with Crippen molar-refractivity contribution in [1.82, 2.24) is 20.2 Å². The Morgan fingerprint density at radius 3 is 2.59 bits per heavy atom. The van der Waals surface area contributed by atoms with Gasteiger partial charge in [0, 0.05) is 41.4 Å². The first-order valence-corrected chi connectivity index (χ1v) is 20.7. The number of unbranched alkanes of at least 4 members (excludes halogenated alkanes) is 3. The molecule has 2 saturated carbocycles. The lowest BCUT2D eigenvalue weighted by Crippen LogP contribution is -2.53. The summed E-state index contributed by atoms with van der Waals surface area (Å²) in [7, 11) is 1.60. The van der Waals surface area contributed by atoms with Crippen LogP contribution in [0.15, 0.2) is 41.8 Å². The minimum atomic E-state index is -0.890. The van der Waals surface area contributed by atoms with Crippen LogP contribution in [0.3, 0.4) is 0 Å². The number of ether oxygens (including phenoxy) is 3. The van der Waals surface area contributed by atoms with Gasteiger partial charge in [0.25, 0.3) is 0 Å². The molecule has 1 saturated heterocycles. The first kappa shape index (κ1) is 40.7. The van der Waals surface area contributed by atoms with E-state index in [2.05, 4.69) is 24.5 Å². The molecule has 0 radical (unpaired) electrons. The summed E-state index contributed by atoms with van der Waals surface area (Å²) < 4.78 is 17.6. The van der Waals surface area contributed by atoms with Crippen molar-refractivity contribution in [2.75, 3.05) is 25.6 Å². The molecule has 3 heterocycles. The van der Waals surface area contributed by atoms with Crippen molar-refractivity contribution >= 4 is 51.2 Å². The zero-order valence-electron chi connectivity index (χ0n) is 32.4. The number of nitrogens with two attached hydrogens (primary N) is 1. The molecule has 15 heteroatoms. The Hall–Kier alpha value is -4.92. The highest BCUT2D eigenvalue weighted by atomic mass is 32.1. The third kappa shape index (κ3) is 10.7. The van der Waals surface area contributed by atoms with Crippen LogP contribution in [-0.2, 0) is 19.1 Å². The van der Waals surface area contributed by atoms with Gasteiger partial charge in [0.05, 0.1) is 30.8 Å². The number of fused-ring (bicyclic) bond motifs is 1. The second-order valence-corrected chi connectivity index (χ2v) is 16.3. The maximum atomic E-state index is 14.2. The van der Waals surface area contributed by atoms with E-state index < -0.39 is 30.1 Å². The third-order valence-electron chi connectivity index (χ3n) is 10.7. The summed E-state index contributed by atoms with van der Waals surface area (Å²) in [6, 6.07) is 5.91. The van der Waals surface area contributed by atoms with E-state index in [1.165, 1.54) is 16.2 Å². The number of amides is 3. The monoisotopic (exact) mass is 790 g/mol. The quantitative estimate of drug-likeness (QED) is 0.0761. The Balaban J connectivity index is 1.12. The van der Waals surface area contributed by atoms with Crippen LogP contribution in [0.2, 0.25) is 0 Å². The Labute approximate surface area is 331 Å². The first-order valence-electron chi connectivity index (χ1n) is 19.8. The van der Waals surface area contributed by atoms with E-state index in [1.54, 1.807) is 7.11 Å². The summed E-state index contributed by atoms with van der Waals surface area (Å²) in [4.78, 5) is 62.2. The lowest BCUT2D eigenvalue weighted by molar-refractivity contribution is -0.139. The molecular weight excluding hydrogens is 737 g/mol. The number of methoxy groups -OCH3 is 1. The fraction of sp³-hybridized carbons (Fsp3) is 0.561. The second-order valence-electron chi connectivity index (χ2n) is 15.5. The zero-order chi connectivity index (χ0) is 39.8. The SMILES string of the molecule is COc1ccc2c(OCC3CC(C(N)=O)N(C(=O)C(CCCCCC=CC4CC4C(=O)O)NC(=O)OC4CCCC4)C3)cc(-c3csc(NC(C)C)n3)nc2c1. The van der Waals surface area contributed by atoms with Crippen LogP contribution in [0.25, 0.3) is 22.3 Å². The van der Waals surface area contributed by atoms with Gasteiger partial charge in [-0.3, -0.25) is 14.4 Å². The van der Waals surface area contributed by atoms with Gasteiger partial charge in [-0.15, -0.1) is 11.3 Å². The number of carboxylic acids is 1. The van der Waals surface area contributed by atoms with Gasteiger partial charge in [0.15, 0.2) is 5.13 Å². The number of hydrogen-bond donors (Lipinski definition) is 4. The number of carboxylic acid groups (broad SMARTS) is 1. The van der Waals surface area contributed by atoms with Crippen LogP contribution in [0.1, 0.15) is 84.5 Å². The molecule has 1 aromatic carbocycles. The molecule has 3 aromatic rings. The molecule has 6 rings (SSSR count). The molecule has 56 heavy (non-hydrogen) atoms. The van der Waals surface area contributed by atoms with Crippen molar-refractivity contribution < 1.29 is 38.5 Å². The molecule has 0 bridgehead atoms. The largest absolute Gasteiger partial charge is 0.497 e. The molecule has 2 aliphatic carbocycles. The number of allylic oxidation sites excluding steroid dienone is 2. The van der Waals surface area contributed by atoms with E-state index in [1.807, 2.05) is 41.8 Å². The number of pyridine rings is 1. The van der Waals surface area contributed by atoms with Crippen LogP contribution in [0.4, 0.5) is 9.93 Å². The average Bonchev–Trinajstić information content (AvgIpc) is 3.48. The number of primary amides is 1. The van der Waals surface area contributed by atoms with Crippen molar-refractivity contribution in [3.63, 3.8) is 0 Å². The normalized spacial score (nSPS) is 21.4. The highest BCUT2D eigenvalue weighted by Gasteiger charge is 2.42. The van der Waals surface area contributed by atoms with Gasteiger partial charge < -0.3 is 40.6 Å². The number of aromatic nitrogens is 2. The van der Waals surface area contributed by atoms with Gasteiger partial charge in [0.1, 0.15) is 35.4 Å². The number of benzene rings is 1. The molecular formula is C41H54N6O8S. The van der Waals surface area contributed by atoms with Crippen molar-refractivity contribution in [3.8, 4) is 22.9 Å². The molecule has 14 nitrogen and oxygen atoms in total. The fourth-order valence-corrected chi connectivity index (χ4v) is 8.44. The molecule has 0 spiro atoms.